The van der Waals surface area contributed by atoms with E-state index in [9.17, 15) is 4.39 Å². The van der Waals surface area contributed by atoms with Crippen LogP contribution in [0.3, 0.4) is 0 Å². The van der Waals surface area contributed by atoms with Crippen LogP contribution < -0.4 is 4.90 Å². The highest BCUT2D eigenvalue weighted by molar-refractivity contribution is 5.69. The lowest BCUT2D eigenvalue weighted by molar-refractivity contribution is 0.269. The molecule has 2 aromatic heterocycles. The number of halogens is 1. The molecule has 0 radical (unpaired) electrons. The first kappa shape index (κ1) is 20.2. The predicted molar refractivity (Wildman–Crippen MR) is 125 cm³/mol. The monoisotopic (exact) mass is 443 g/mol. The Morgan fingerprint density at radius 2 is 1.82 bits per heavy atom. The van der Waals surface area contributed by atoms with Crippen LogP contribution in [0.2, 0.25) is 0 Å². The largest absolute Gasteiger partial charge is 0.394 e. The van der Waals surface area contributed by atoms with Crippen LogP contribution in [0.25, 0.3) is 22.4 Å². The highest BCUT2D eigenvalue weighted by Gasteiger charge is 2.37. The molecule has 0 bridgehead atoms. The molecule has 6 rings (SSSR count). The molecule has 0 unspecified atom stereocenters. The van der Waals surface area contributed by atoms with Crippen LogP contribution in [0.4, 0.5) is 10.1 Å². The fraction of sp³-hybridized carbons (Fsp3) is 0.308. The quantitative estimate of drug-likeness (QED) is 0.498. The van der Waals surface area contributed by atoms with Crippen molar-refractivity contribution in [3.8, 4) is 22.4 Å². The zero-order chi connectivity index (χ0) is 22.4. The molecule has 0 amide bonds. The van der Waals surface area contributed by atoms with Gasteiger partial charge in [0.1, 0.15) is 5.82 Å². The number of imidazole rings is 1. The molecule has 4 heterocycles. The number of fused-ring (bicyclic) bond motifs is 3. The van der Waals surface area contributed by atoms with Crippen molar-refractivity contribution in [2.45, 2.75) is 25.4 Å². The molecule has 1 atom stereocenters. The normalized spacial score (nSPS) is 17.9. The minimum absolute atomic E-state index is 0.0266. The second kappa shape index (κ2) is 8.15. The summed E-state index contributed by atoms with van der Waals surface area (Å²) >= 11 is 0. The van der Waals surface area contributed by atoms with Crippen LogP contribution in [0.5, 0.6) is 0 Å². The van der Waals surface area contributed by atoms with Gasteiger partial charge in [-0.05, 0) is 42.5 Å². The Labute approximate surface area is 191 Å². The van der Waals surface area contributed by atoms with E-state index in [0.717, 1.165) is 53.9 Å². The summed E-state index contributed by atoms with van der Waals surface area (Å²) in [4.78, 5) is 6.75. The number of anilines is 1. The van der Waals surface area contributed by atoms with Gasteiger partial charge in [-0.25, -0.2) is 9.37 Å². The van der Waals surface area contributed by atoms with E-state index in [1.807, 2.05) is 31.0 Å². The Hall–Kier alpha value is -3.45. The van der Waals surface area contributed by atoms with Gasteiger partial charge in [0.15, 0.2) is 0 Å². The van der Waals surface area contributed by atoms with Gasteiger partial charge in [-0.2, -0.15) is 5.10 Å². The van der Waals surface area contributed by atoms with Crippen molar-refractivity contribution in [1.29, 1.82) is 0 Å². The number of aromatic nitrogens is 4. The third kappa shape index (κ3) is 3.43. The van der Waals surface area contributed by atoms with Gasteiger partial charge in [0.05, 0.1) is 43.6 Å². The Kier molecular flexibility index (Phi) is 4.99. The summed E-state index contributed by atoms with van der Waals surface area (Å²) in [6, 6.07) is 14.0. The van der Waals surface area contributed by atoms with E-state index in [1.54, 1.807) is 16.8 Å². The van der Waals surface area contributed by atoms with E-state index >= 15 is 0 Å². The number of hydrogen-bond donors (Lipinski definition) is 1. The molecule has 0 aliphatic carbocycles. The standard InChI is InChI=1S/C26H26FN5O/c27-23-3-1-2-22-24-15-28-17-32(24)26(25(22)23)19-8-10-30(11-9-19)21-6-4-18(5-7-21)20-14-29-31(16-20)12-13-33/h1-7,14-17,19,26,33H,8-13H2/t26-/m1/s1. The molecular formula is C26H26FN5O. The number of piperidine rings is 1. The fourth-order valence-electron chi connectivity index (χ4n) is 5.47. The Balaban J connectivity index is 1.17. The SMILES string of the molecule is OCCn1cc(-c2ccc(N3CCC([C@@H]4c5c(F)cccc5-c5cncn54)CC3)cc2)cn1. The molecule has 6 nitrogen and oxygen atoms in total. The lowest BCUT2D eigenvalue weighted by Gasteiger charge is -2.37. The number of rotatable bonds is 5. The molecule has 2 aliphatic heterocycles. The maximum Gasteiger partial charge on any atom is 0.129 e. The minimum atomic E-state index is -0.110. The fourth-order valence-corrected chi connectivity index (χ4v) is 5.47. The first-order chi connectivity index (χ1) is 16.2. The molecule has 1 N–H and O–H groups in total. The third-order valence-electron chi connectivity index (χ3n) is 7.10. The molecule has 4 aromatic rings. The van der Waals surface area contributed by atoms with E-state index in [-0.39, 0.29) is 18.5 Å². The van der Waals surface area contributed by atoms with E-state index in [0.29, 0.717) is 12.5 Å². The van der Waals surface area contributed by atoms with Crippen LogP contribution in [-0.4, -0.2) is 44.1 Å². The Morgan fingerprint density at radius 3 is 2.61 bits per heavy atom. The van der Waals surface area contributed by atoms with E-state index < -0.39 is 0 Å². The van der Waals surface area contributed by atoms with E-state index in [2.05, 4.69) is 43.8 Å². The minimum Gasteiger partial charge on any atom is -0.394 e. The Bertz CT molecular complexity index is 1270. The maximum absolute atomic E-state index is 14.8. The van der Waals surface area contributed by atoms with Crippen LogP contribution in [-0.2, 0) is 6.54 Å². The van der Waals surface area contributed by atoms with Crippen LogP contribution >= 0.6 is 0 Å². The third-order valence-corrected chi connectivity index (χ3v) is 7.10. The Morgan fingerprint density at radius 1 is 1.00 bits per heavy atom. The van der Waals surface area contributed by atoms with Crippen LogP contribution in [0.15, 0.2) is 67.4 Å². The van der Waals surface area contributed by atoms with Gasteiger partial charge < -0.3 is 14.6 Å². The number of benzene rings is 2. The summed E-state index contributed by atoms with van der Waals surface area (Å²) < 4.78 is 18.8. The predicted octanol–water partition coefficient (Wildman–Crippen LogP) is 4.36. The summed E-state index contributed by atoms with van der Waals surface area (Å²) in [6.07, 6.45) is 9.51. The van der Waals surface area contributed by atoms with Gasteiger partial charge in [-0.3, -0.25) is 4.68 Å². The summed E-state index contributed by atoms with van der Waals surface area (Å²) in [7, 11) is 0. The molecule has 7 heteroatoms. The average molecular weight is 444 g/mol. The second-order valence-electron chi connectivity index (χ2n) is 8.92. The summed E-state index contributed by atoms with van der Waals surface area (Å²) in [5.74, 6) is 0.269. The van der Waals surface area contributed by atoms with Gasteiger partial charge in [0, 0.05) is 41.7 Å². The first-order valence-corrected chi connectivity index (χ1v) is 11.5. The number of nitrogens with zero attached hydrogens (tertiary/aromatic N) is 5. The number of aliphatic hydroxyl groups excluding tert-OH is 1. The van der Waals surface area contributed by atoms with Crippen molar-refractivity contribution in [2.24, 2.45) is 5.92 Å². The van der Waals surface area contributed by atoms with Gasteiger partial charge in [-0.1, -0.05) is 24.3 Å². The van der Waals surface area contributed by atoms with Crippen molar-refractivity contribution < 1.29 is 9.50 Å². The zero-order valence-corrected chi connectivity index (χ0v) is 18.3. The molecule has 1 fully saturated rings. The molecule has 168 valence electrons. The molecular weight excluding hydrogens is 417 g/mol. The first-order valence-electron chi connectivity index (χ1n) is 11.5. The maximum atomic E-state index is 14.8. The molecule has 2 aliphatic rings. The van der Waals surface area contributed by atoms with Gasteiger partial charge in [0.25, 0.3) is 0 Å². The smallest absolute Gasteiger partial charge is 0.129 e. The van der Waals surface area contributed by atoms with Crippen molar-refractivity contribution in [3.63, 3.8) is 0 Å². The van der Waals surface area contributed by atoms with E-state index in [4.69, 9.17) is 5.11 Å². The number of aliphatic hydroxyl groups is 1. The molecule has 2 aromatic carbocycles. The zero-order valence-electron chi connectivity index (χ0n) is 18.3. The van der Waals surface area contributed by atoms with Crippen molar-refractivity contribution in [3.05, 3.63) is 78.8 Å². The van der Waals surface area contributed by atoms with Gasteiger partial charge >= 0.3 is 0 Å². The average Bonchev–Trinajstić information content (AvgIpc) is 3.57. The van der Waals surface area contributed by atoms with Crippen LogP contribution in [0, 0.1) is 11.7 Å². The topological polar surface area (TPSA) is 59.1 Å². The summed E-state index contributed by atoms with van der Waals surface area (Å²) in [5, 5.41) is 13.4. The van der Waals surface area contributed by atoms with Gasteiger partial charge in [0.2, 0.25) is 0 Å². The lowest BCUT2D eigenvalue weighted by atomic mass is 9.85. The van der Waals surface area contributed by atoms with Crippen LogP contribution in [0.1, 0.15) is 24.4 Å². The highest BCUT2D eigenvalue weighted by atomic mass is 19.1. The summed E-state index contributed by atoms with van der Waals surface area (Å²) in [6.45, 7) is 2.48. The molecule has 0 saturated carbocycles. The highest BCUT2D eigenvalue weighted by Crippen LogP contribution is 2.46. The summed E-state index contributed by atoms with van der Waals surface area (Å²) in [5.41, 5.74) is 6.21. The molecule has 0 spiro atoms. The lowest BCUT2D eigenvalue weighted by Crippen LogP contribution is -2.36. The van der Waals surface area contributed by atoms with E-state index in [1.165, 1.54) is 5.69 Å². The number of hydrogen-bond acceptors (Lipinski definition) is 4. The van der Waals surface area contributed by atoms with Crippen molar-refractivity contribution >= 4 is 5.69 Å². The van der Waals surface area contributed by atoms with Crippen molar-refractivity contribution in [2.75, 3.05) is 24.6 Å². The molecule has 1 saturated heterocycles. The molecule has 33 heavy (non-hydrogen) atoms. The second-order valence-corrected chi connectivity index (χ2v) is 8.92. The van der Waals surface area contributed by atoms with Gasteiger partial charge in [-0.15, -0.1) is 0 Å². The van der Waals surface area contributed by atoms with Crippen molar-refractivity contribution in [1.82, 2.24) is 19.3 Å².